The number of rotatable bonds is 8. The van der Waals surface area contributed by atoms with Crippen molar-refractivity contribution in [2.24, 2.45) is 5.10 Å². The van der Waals surface area contributed by atoms with E-state index in [9.17, 15) is 45.4 Å². The summed E-state index contributed by atoms with van der Waals surface area (Å²) in [5.41, 5.74) is -1.30. The molecule has 1 aromatic heterocycles. The summed E-state index contributed by atoms with van der Waals surface area (Å²) < 4.78 is 65.5. The first-order valence-electron chi connectivity index (χ1n) is 9.99. The zero-order valence-electron chi connectivity index (χ0n) is 24.0. The Morgan fingerprint density at radius 2 is 1.50 bits per heavy atom. The van der Waals surface area contributed by atoms with Crippen LogP contribution in [0.5, 0.6) is 5.88 Å². The van der Waals surface area contributed by atoms with Gasteiger partial charge in [0, 0.05) is 162 Å². The molecule has 0 atom stereocenters. The van der Waals surface area contributed by atoms with Crippen LogP contribution in [-0.4, -0.2) is 212 Å². The number of allylic oxidation sites excluding steroid dienone is 4. The summed E-state index contributed by atoms with van der Waals surface area (Å²) in [6, 6.07) is 1.94. The van der Waals surface area contributed by atoms with Gasteiger partial charge in [-0.15, -0.1) is 0 Å². The van der Waals surface area contributed by atoms with Gasteiger partial charge in [0.15, 0.2) is 11.6 Å². The summed E-state index contributed by atoms with van der Waals surface area (Å²) in [6.07, 6.45) is 6.58. The van der Waals surface area contributed by atoms with E-state index >= 15 is 0 Å². The van der Waals surface area contributed by atoms with Gasteiger partial charge >= 0.3 is 0 Å². The van der Waals surface area contributed by atoms with Crippen LogP contribution in [0.3, 0.4) is 0 Å². The van der Waals surface area contributed by atoms with Crippen LogP contribution in [-0.2, 0) is 29.8 Å². The molecule has 0 fully saturated rings. The van der Waals surface area contributed by atoms with Crippen molar-refractivity contribution in [3.63, 3.8) is 0 Å². The van der Waals surface area contributed by atoms with Gasteiger partial charge in [-0.2, -0.15) is 32.0 Å². The molecule has 4 N–H and O–H groups in total. The predicted octanol–water partition coefficient (Wildman–Crippen LogP) is -0.605. The number of carbonyl (C=O) groups is 3. The maximum atomic E-state index is 13.0. The number of aromatic nitrogens is 2. The monoisotopic (exact) mass is 665 g/mol. The average molecular weight is 665 g/mol. The van der Waals surface area contributed by atoms with Crippen molar-refractivity contribution in [3.05, 3.63) is 59.3 Å². The Bertz CT molecular complexity index is 1680. The van der Waals surface area contributed by atoms with Crippen molar-refractivity contribution in [2.45, 2.75) is 23.6 Å². The third kappa shape index (κ3) is 11.5. The number of hydrogen-bond donors (Lipinski definition) is 4. The molecule has 42 heavy (non-hydrogen) atoms. The molecule has 1 aliphatic rings. The number of nitrogens with one attached hydrogen (secondary N) is 1. The van der Waals surface area contributed by atoms with Gasteiger partial charge in [-0.1, -0.05) is 18.2 Å². The Balaban J connectivity index is -0.00000304. The Hall–Kier alpha value is 0.750. The van der Waals surface area contributed by atoms with Gasteiger partial charge in [0.05, 0.1) is 21.7 Å². The molecule has 0 saturated carbocycles. The van der Waals surface area contributed by atoms with Crippen molar-refractivity contribution >= 4 is 203 Å². The van der Waals surface area contributed by atoms with Crippen LogP contribution in [0.25, 0.3) is 6.08 Å². The van der Waals surface area contributed by atoms with Crippen LogP contribution in [0.2, 0.25) is 0 Å². The Labute approximate surface area is 351 Å². The van der Waals surface area contributed by atoms with Gasteiger partial charge in [-0.3, -0.25) is 23.5 Å². The van der Waals surface area contributed by atoms with E-state index in [1.807, 2.05) is 0 Å². The molecule has 0 bridgehead atoms. The summed E-state index contributed by atoms with van der Waals surface area (Å²) >= 11 is 0. The molecule has 2 aromatic rings. The van der Waals surface area contributed by atoms with Crippen LogP contribution in [0.15, 0.2) is 63.0 Å². The smallest absolute Gasteiger partial charge is 0.296 e. The number of Topliss-reactive ketones (excluding diaryl/α,β-unsaturated/α-hetero) is 2. The summed E-state index contributed by atoms with van der Waals surface area (Å²) in [5.74, 6) is -2.48. The molecule has 5 radical (unpaired) electrons. The maximum Gasteiger partial charge on any atom is 0.296 e. The number of carbonyl (C=O) groups excluding carboxylic acids is 3. The molecule has 0 unspecified atom stereocenters. The number of aromatic amines is 1. The molecule has 3 rings (SSSR count). The van der Waals surface area contributed by atoms with E-state index < -0.39 is 58.9 Å². The Morgan fingerprint density at radius 3 is 2.00 bits per heavy atom. The van der Waals surface area contributed by atoms with E-state index in [4.69, 9.17) is 0 Å². The minimum Gasteiger partial charge on any atom is -0.493 e. The van der Waals surface area contributed by atoms with Gasteiger partial charge in [0.2, 0.25) is 5.88 Å². The number of benzene rings is 1. The van der Waals surface area contributed by atoms with Crippen LogP contribution in [0, 0.1) is 0 Å². The number of nitrogens with zero attached hydrogens (tertiary/aromatic N) is 3. The van der Waals surface area contributed by atoms with E-state index in [0.29, 0.717) is 23.2 Å². The maximum absolute atomic E-state index is 13.0. The Morgan fingerprint density at radius 1 is 0.905 bits per heavy atom. The number of ketones is 2. The molecular weight excluding hydrogens is 647 g/mol. The third-order valence-electron chi connectivity index (χ3n) is 4.81. The van der Waals surface area contributed by atoms with Gasteiger partial charge in [0.25, 0.3) is 26.1 Å². The van der Waals surface area contributed by atoms with E-state index in [-0.39, 0.29) is 170 Å². The number of hydrogen-bond acceptors (Lipinski definition) is 10. The fourth-order valence-electron chi connectivity index (χ4n) is 3.16. The summed E-state index contributed by atoms with van der Waals surface area (Å²) in [7, 11) is -9.83. The molecule has 14 nitrogen and oxygen atoms in total. The first-order chi connectivity index (χ1) is 17.1. The molecule has 1 aliphatic heterocycles. The van der Waals surface area contributed by atoms with Crippen molar-refractivity contribution in [2.75, 3.05) is 5.01 Å². The SMILES string of the molecule is CC(=O)C1=NN(c2cc(S(=O)(=O)O)ccc2S(=O)(=O)O)C(=O)C1=CC=CC=Cc1c(C(C)=O)n[nH]c1O.[Na].[Na].[Na].[Na].[Na]. The molecule has 0 saturated heterocycles. The molecule has 1 aromatic carbocycles. The van der Waals surface area contributed by atoms with Crippen molar-refractivity contribution in [1.82, 2.24) is 10.2 Å². The second-order valence-electron chi connectivity index (χ2n) is 7.42. The topological polar surface area (TPSA) is 224 Å². The first kappa shape index (κ1) is 47.2. The molecular formula is C21H18N4Na5O10S2. The minimum absolute atomic E-state index is 0. The van der Waals surface area contributed by atoms with E-state index in [1.54, 1.807) is 0 Å². The van der Waals surface area contributed by atoms with Crippen molar-refractivity contribution in [3.8, 4) is 5.88 Å². The zero-order valence-corrected chi connectivity index (χ0v) is 35.6. The summed E-state index contributed by atoms with van der Waals surface area (Å²) in [4.78, 5) is 35.0. The van der Waals surface area contributed by atoms with Crippen molar-refractivity contribution < 1.29 is 45.4 Å². The normalized spacial score (nSPS) is 13.9. The number of aromatic hydroxyl groups is 1. The van der Waals surface area contributed by atoms with E-state index in [0.717, 1.165) is 13.0 Å². The van der Waals surface area contributed by atoms with Gasteiger partial charge in [-0.25, -0.2) is 5.10 Å². The van der Waals surface area contributed by atoms with E-state index in [1.165, 1.54) is 31.2 Å². The van der Waals surface area contributed by atoms with Gasteiger partial charge in [-0.05, 0) is 30.4 Å². The molecule has 199 valence electrons. The standard InChI is InChI=1S/C21H18N4O10S2.5Na/c1-11(26)18-14(20(28)23-22-18)6-4-3-5-7-15-19(12(2)27)24-25(21(15)29)16-10-13(36(30,31)32)8-9-17(16)37(33,34)35;;;;;/h3-10H,1-2H3,(H2,22,23,28)(H,30,31,32)(H,33,34,35);;;;;. The van der Waals surface area contributed by atoms with Crippen LogP contribution < -0.4 is 5.01 Å². The Kier molecular flexibility index (Phi) is 21.8. The second-order valence-corrected chi connectivity index (χ2v) is 10.2. The zero-order chi connectivity index (χ0) is 27.7. The van der Waals surface area contributed by atoms with Crippen LogP contribution in [0.1, 0.15) is 29.9 Å². The number of amides is 1. The van der Waals surface area contributed by atoms with E-state index in [2.05, 4.69) is 15.3 Å². The number of anilines is 1. The molecule has 0 aliphatic carbocycles. The molecule has 2 heterocycles. The fourth-order valence-corrected chi connectivity index (χ4v) is 4.32. The quantitative estimate of drug-likeness (QED) is 0.0916. The number of hydrazone groups is 1. The first-order valence-corrected chi connectivity index (χ1v) is 12.9. The summed E-state index contributed by atoms with van der Waals surface area (Å²) in [6.45, 7) is 2.34. The largest absolute Gasteiger partial charge is 0.493 e. The molecule has 21 heteroatoms. The molecule has 1 amide bonds. The van der Waals surface area contributed by atoms with Crippen LogP contribution >= 0.6 is 0 Å². The third-order valence-corrected chi connectivity index (χ3v) is 6.56. The average Bonchev–Trinajstić information content (AvgIpc) is 3.32. The van der Waals surface area contributed by atoms with Gasteiger partial charge in [0.1, 0.15) is 16.3 Å². The second kappa shape index (κ2) is 19.4. The fraction of sp³-hybridized carbons (Fsp3) is 0.0952. The number of H-pyrrole nitrogens is 1. The predicted molar refractivity (Wildman–Crippen MR) is 157 cm³/mol. The summed E-state index contributed by atoms with van der Waals surface area (Å²) in [5, 5.41) is 19.9. The van der Waals surface area contributed by atoms with Gasteiger partial charge < -0.3 is 5.11 Å². The minimum atomic E-state index is -4.99. The van der Waals surface area contributed by atoms with Crippen LogP contribution in [0.4, 0.5) is 5.69 Å². The van der Waals surface area contributed by atoms with Crippen molar-refractivity contribution in [1.29, 1.82) is 0 Å². The molecule has 0 spiro atoms.